The summed E-state index contributed by atoms with van der Waals surface area (Å²) >= 11 is 0. The van der Waals surface area contributed by atoms with E-state index < -0.39 is 28.2 Å². The van der Waals surface area contributed by atoms with E-state index >= 15 is 0 Å². The molecule has 0 saturated heterocycles. The molecule has 0 amide bonds. The number of halogens is 3. The Labute approximate surface area is 115 Å². The molecule has 2 rings (SSSR count). The van der Waals surface area contributed by atoms with Gasteiger partial charge in [0.2, 0.25) is 0 Å². The zero-order chi connectivity index (χ0) is 15.0. The molecule has 0 spiro atoms. The minimum atomic E-state index is -4.27. The quantitative estimate of drug-likeness (QED) is 0.898. The average Bonchev–Trinajstić information content (AvgIpc) is 2.75. The highest BCUT2D eigenvalue weighted by atomic mass is 32.2. The molecule has 2 unspecified atom stereocenters. The van der Waals surface area contributed by atoms with E-state index in [2.05, 4.69) is 14.7 Å². The van der Waals surface area contributed by atoms with Crippen molar-refractivity contribution in [3.8, 4) is 0 Å². The molecule has 5 nitrogen and oxygen atoms in total. The van der Waals surface area contributed by atoms with Crippen LogP contribution in [0.15, 0.2) is 11.2 Å². The van der Waals surface area contributed by atoms with Gasteiger partial charge in [0.25, 0.3) is 10.0 Å². The fourth-order valence-electron chi connectivity index (χ4n) is 2.41. The van der Waals surface area contributed by atoms with Gasteiger partial charge < -0.3 is 4.98 Å². The summed E-state index contributed by atoms with van der Waals surface area (Å²) < 4.78 is 64.4. The standard InChI is InChI=1S/C11H16F3N3O2S/c1-7-15-6-10(16-7)20(18,19)17-9-4-2-3-8(5-9)11(12,13)14/h6,8-9,17H,2-5H2,1H3,(H,15,16). The van der Waals surface area contributed by atoms with Gasteiger partial charge in [-0.25, -0.2) is 18.1 Å². The highest BCUT2D eigenvalue weighted by Crippen LogP contribution is 2.37. The summed E-state index contributed by atoms with van der Waals surface area (Å²) in [6, 6.07) is -0.691. The number of sulfonamides is 1. The van der Waals surface area contributed by atoms with E-state index in [0.717, 1.165) is 6.20 Å². The van der Waals surface area contributed by atoms with E-state index in [9.17, 15) is 21.6 Å². The van der Waals surface area contributed by atoms with E-state index in [1.165, 1.54) is 0 Å². The van der Waals surface area contributed by atoms with Crippen LogP contribution in [-0.4, -0.2) is 30.6 Å². The SMILES string of the molecule is Cc1ncc(S(=O)(=O)NC2CCCC(C(F)(F)F)C2)[nH]1. The van der Waals surface area contributed by atoms with Gasteiger partial charge in [-0.1, -0.05) is 6.42 Å². The van der Waals surface area contributed by atoms with E-state index in [0.29, 0.717) is 18.7 Å². The van der Waals surface area contributed by atoms with Crippen LogP contribution >= 0.6 is 0 Å². The summed E-state index contributed by atoms with van der Waals surface area (Å²) in [5, 5.41) is -0.121. The molecule has 0 bridgehead atoms. The predicted octanol–water partition coefficient (Wildman–Crippen LogP) is 2.12. The molecule has 1 aromatic heterocycles. The molecule has 0 aromatic carbocycles. The molecule has 1 aromatic rings. The lowest BCUT2D eigenvalue weighted by Crippen LogP contribution is -2.41. The molecule has 2 N–H and O–H groups in total. The van der Waals surface area contributed by atoms with E-state index in [1.807, 2.05) is 0 Å². The zero-order valence-electron chi connectivity index (χ0n) is 10.9. The second kappa shape index (κ2) is 5.36. The van der Waals surface area contributed by atoms with Crippen LogP contribution in [0.5, 0.6) is 0 Å². The number of imidazole rings is 1. The Morgan fingerprint density at radius 1 is 1.40 bits per heavy atom. The van der Waals surface area contributed by atoms with Gasteiger partial charge in [0.15, 0.2) is 5.03 Å². The van der Waals surface area contributed by atoms with Crippen LogP contribution in [0, 0.1) is 12.8 Å². The Morgan fingerprint density at radius 2 is 2.10 bits per heavy atom. The van der Waals surface area contributed by atoms with Crippen molar-refractivity contribution in [3.05, 3.63) is 12.0 Å². The lowest BCUT2D eigenvalue weighted by molar-refractivity contribution is -0.183. The number of aromatic nitrogens is 2. The number of hydrogen-bond donors (Lipinski definition) is 2. The maximum atomic E-state index is 12.7. The highest BCUT2D eigenvalue weighted by molar-refractivity contribution is 7.89. The summed E-state index contributed by atoms with van der Waals surface area (Å²) in [7, 11) is -3.84. The van der Waals surface area contributed by atoms with Crippen LogP contribution < -0.4 is 4.72 Å². The molecule has 2 atom stereocenters. The molecule has 0 radical (unpaired) electrons. The van der Waals surface area contributed by atoms with Crippen LogP contribution in [0.25, 0.3) is 0 Å². The normalized spacial score (nSPS) is 24.8. The summed E-state index contributed by atoms with van der Waals surface area (Å²) in [5.74, 6) is -1.00. The van der Waals surface area contributed by atoms with Gasteiger partial charge >= 0.3 is 6.18 Å². The molecule has 1 fully saturated rings. The van der Waals surface area contributed by atoms with E-state index in [1.54, 1.807) is 6.92 Å². The summed E-state index contributed by atoms with van der Waals surface area (Å²) in [4.78, 5) is 6.34. The molecule has 1 aliphatic carbocycles. The lowest BCUT2D eigenvalue weighted by Gasteiger charge is -2.30. The van der Waals surface area contributed by atoms with Crippen LogP contribution in [0.1, 0.15) is 31.5 Å². The minimum Gasteiger partial charge on any atom is -0.332 e. The average molecular weight is 311 g/mol. The third-order valence-electron chi connectivity index (χ3n) is 3.43. The van der Waals surface area contributed by atoms with Gasteiger partial charge in [-0.2, -0.15) is 13.2 Å². The fourth-order valence-corrected chi connectivity index (χ4v) is 3.67. The molecular weight excluding hydrogens is 295 g/mol. The van der Waals surface area contributed by atoms with Crippen molar-refractivity contribution < 1.29 is 21.6 Å². The first-order valence-corrected chi connectivity index (χ1v) is 7.77. The Hall–Kier alpha value is -1.09. The Balaban J connectivity index is 2.06. The first-order chi connectivity index (χ1) is 9.18. The van der Waals surface area contributed by atoms with Gasteiger partial charge in [-0.05, 0) is 26.2 Å². The summed E-state index contributed by atoms with van der Waals surface area (Å²) in [6.07, 6.45) is -2.49. The number of aryl methyl sites for hydroxylation is 1. The third-order valence-corrected chi connectivity index (χ3v) is 4.86. The highest BCUT2D eigenvalue weighted by Gasteiger charge is 2.42. The monoisotopic (exact) mass is 311 g/mol. The van der Waals surface area contributed by atoms with Crippen molar-refractivity contribution in [1.82, 2.24) is 14.7 Å². The Morgan fingerprint density at radius 3 is 2.65 bits per heavy atom. The molecule has 1 heterocycles. The van der Waals surface area contributed by atoms with E-state index in [-0.39, 0.29) is 17.9 Å². The van der Waals surface area contributed by atoms with Gasteiger partial charge in [0.1, 0.15) is 5.82 Å². The van der Waals surface area contributed by atoms with Crippen molar-refractivity contribution in [2.45, 2.75) is 49.9 Å². The van der Waals surface area contributed by atoms with Gasteiger partial charge in [0.05, 0.1) is 12.1 Å². The number of alkyl halides is 3. The first-order valence-electron chi connectivity index (χ1n) is 6.29. The molecule has 1 aliphatic rings. The van der Waals surface area contributed by atoms with Crippen LogP contribution in [-0.2, 0) is 10.0 Å². The zero-order valence-corrected chi connectivity index (χ0v) is 11.7. The molecular formula is C11H16F3N3O2S. The fraction of sp³-hybridized carbons (Fsp3) is 0.727. The van der Waals surface area contributed by atoms with Crippen LogP contribution in [0.2, 0.25) is 0 Å². The third kappa shape index (κ3) is 3.51. The van der Waals surface area contributed by atoms with Crippen LogP contribution in [0.3, 0.4) is 0 Å². The van der Waals surface area contributed by atoms with Crippen molar-refractivity contribution in [2.24, 2.45) is 5.92 Å². The van der Waals surface area contributed by atoms with Crippen molar-refractivity contribution in [2.75, 3.05) is 0 Å². The van der Waals surface area contributed by atoms with Gasteiger partial charge in [-0.3, -0.25) is 0 Å². The number of hydrogen-bond acceptors (Lipinski definition) is 3. The number of aromatic amines is 1. The number of rotatable bonds is 3. The Bertz CT molecular complexity index is 568. The smallest absolute Gasteiger partial charge is 0.332 e. The first kappa shape index (κ1) is 15.3. The Kier molecular flexibility index (Phi) is 4.10. The predicted molar refractivity (Wildman–Crippen MR) is 65.4 cm³/mol. The van der Waals surface area contributed by atoms with Crippen molar-refractivity contribution in [1.29, 1.82) is 0 Å². The summed E-state index contributed by atoms with van der Waals surface area (Å²) in [6.45, 7) is 1.60. The van der Waals surface area contributed by atoms with Gasteiger partial charge in [0, 0.05) is 6.04 Å². The maximum absolute atomic E-state index is 12.7. The minimum absolute atomic E-state index is 0.0604. The second-order valence-corrected chi connectivity index (χ2v) is 6.74. The maximum Gasteiger partial charge on any atom is 0.391 e. The molecule has 20 heavy (non-hydrogen) atoms. The molecule has 114 valence electrons. The topological polar surface area (TPSA) is 74.8 Å². The second-order valence-electron chi connectivity index (χ2n) is 5.06. The van der Waals surface area contributed by atoms with E-state index in [4.69, 9.17) is 0 Å². The van der Waals surface area contributed by atoms with Crippen molar-refractivity contribution >= 4 is 10.0 Å². The van der Waals surface area contributed by atoms with Gasteiger partial charge in [-0.15, -0.1) is 0 Å². The molecule has 0 aliphatic heterocycles. The number of nitrogens with one attached hydrogen (secondary N) is 2. The summed E-state index contributed by atoms with van der Waals surface area (Å²) in [5.41, 5.74) is 0. The molecule has 9 heteroatoms. The largest absolute Gasteiger partial charge is 0.391 e. The molecule has 1 saturated carbocycles. The number of H-pyrrole nitrogens is 1. The van der Waals surface area contributed by atoms with Crippen LogP contribution in [0.4, 0.5) is 13.2 Å². The number of nitrogens with zero attached hydrogens (tertiary/aromatic N) is 1. The van der Waals surface area contributed by atoms with Crippen molar-refractivity contribution in [3.63, 3.8) is 0 Å². The lowest BCUT2D eigenvalue weighted by atomic mass is 9.86.